The summed E-state index contributed by atoms with van der Waals surface area (Å²) in [4.78, 5) is 0. The number of hydrogen-bond acceptors (Lipinski definition) is 1. The van der Waals surface area contributed by atoms with Gasteiger partial charge in [0.05, 0.1) is 0 Å². The lowest BCUT2D eigenvalue weighted by Gasteiger charge is -2.31. The van der Waals surface area contributed by atoms with Crippen molar-refractivity contribution in [3.05, 3.63) is 35.9 Å². The van der Waals surface area contributed by atoms with Crippen molar-refractivity contribution in [2.75, 3.05) is 7.05 Å². The van der Waals surface area contributed by atoms with Gasteiger partial charge in [-0.1, -0.05) is 30.3 Å². The van der Waals surface area contributed by atoms with Crippen LogP contribution in [0.1, 0.15) is 12.5 Å². The maximum atomic E-state index is 12.7. The van der Waals surface area contributed by atoms with Crippen molar-refractivity contribution in [2.24, 2.45) is 0 Å². The molecule has 1 atom stereocenters. The third-order valence-corrected chi connectivity index (χ3v) is 2.58. The predicted molar refractivity (Wildman–Crippen MR) is 53.7 cm³/mol. The zero-order valence-electron chi connectivity index (χ0n) is 8.73. The first-order valence-corrected chi connectivity index (χ1v) is 4.68. The molecule has 0 aliphatic heterocycles. The van der Waals surface area contributed by atoms with Gasteiger partial charge in [0.1, 0.15) is 5.54 Å². The van der Waals surface area contributed by atoms with E-state index in [-0.39, 0.29) is 6.42 Å². The van der Waals surface area contributed by atoms with Gasteiger partial charge in [0.25, 0.3) is 0 Å². The van der Waals surface area contributed by atoms with Gasteiger partial charge in [-0.3, -0.25) is 0 Å². The monoisotopic (exact) mass is 217 g/mol. The molecule has 84 valence electrons. The molecule has 0 saturated heterocycles. The SMILES string of the molecule is CNC(C)(Cc1ccccc1)C(F)(F)F. The first kappa shape index (κ1) is 12.0. The number of hydrogen-bond donors (Lipinski definition) is 1. The van der Waals surface area contributed by atoms with Crippen LogP contribution in [0.4, 0.5) is 13.2 Å². The highest BCUT2D eigenvalue weighted by Gasteiger charge is 2.49. The van der Waals surface area contributed by atoms with E-state index in [4.69, 9.17) is 0 Å². The number of halogens is 3. The minimum atomic E-state index is -4.25. The summed E-state index contributed by atoms with van der Waals surface area (Å²) in [5.41, 5.74) is -1.19. The van der Waals surface area contributed by atoms with E-state index in [0.29, 0.717) is 5.56 Å². The highest BCUT2D eigenvalue weighted by molar-refractivity contribution is 5.18. The minimum absolute atomic E-state index is 0.0617. The Labute approximate surface area is 87.3 Å². The van der Waals surface area contributed by atoms with Crippen LogP contribution in [0.15, 0.2) is 30.3 Å². The summed E-state index contributed by atoms with van der Waals surface area (Å²) in [5, 5.41) is 2.34. The second-order valence-corrected chi connectivity index (χ2v) is 3.74. The molecule has 1 rings (SSSR count). The third kappa shape index (κ3) is 2.72. The predicted octanol–water partition coefficient (Wildman–Crippen LogP) is 2.77. The van der Waals surface area contributed by atoms with Crippen LogP contribution in [-0.2, 0) is 6.42 Å². The number of alkyl halides is 3. The van der Waals surface area contributed by atoms with E-state index < -0.39 is 11.7 Å². The maximum absolute atomic E-state index is 12.7. The van der Waals surface area contributed by atoms with Gasteiger partial charge in [-0.25, -0.2) is 0 Å². The fourth-order valence-corrected chi connectivity index (χ4v) is 1.33. The summed E-state index contributed by atoms with van der Waals surface area (Å²) in [6, 6.07) is 8.65. The summed E-state index contributed by atoms with van der Waals surface area (Å²) in [6.45, 7) is 1.17. The molecule has 1 aromatic carbocycles. The first-order valence-electron chi connectivity index (χ1n) is 4.68. The van der Waals surface area contributed by atoms with E-state index >= 15 is 0 Å². The molecule has 15 heavy (non-hydrogen) atoms. The van der Waals surface area contributed by atoms with Crippen LogP contribution in [0.2, 0.25) is 0 Å². The Hall–Kier alpha value is -1.03. The van der Waals surface area contributed by atoms with Crippen molar-refractivity contribution in [3.8, 4) is 0 Å². The number of rotatable bonds is 3. The molecule has 0 spiro atoms. The van der Waals surface area contributed by atoms with Gasteiger partial charge in [0, 0.05) is 0 Å². The first-order chi connectivity index (χ1) is 6.89. The van der Waals surface area contributed by atoms with Crippen LogP contribution in [0.25, 0.3) is 0 Å². The molecule has 0 saturated carbocycles. The third-order valence-electron chi connectivity index (χ3n) is 2.58. The van der Waals surface area contributed by atoms with Crippen LogP contribution in [-0.4, -0.2) is 18.8 Å². The number of nitrogens with one attached hydrogen (secondary N) is 1. The van der Waals surface area contributed by atoms with Gasteiger partial charge >= 0.3 is 6.18 Å². The molecular weight excluding hydrogens is 203 g/mol. The van der Waals surface area contributed by atoms with E-state index in [0.717, 1.165) is 0 Å². The molecule has 0 aliphatic carbocycles. The topological polar surface area (TPSA) is 12.0 Å². The minimum Gasteiger partial charge on any atom is -0.307 e. The Kier molecular flexibility index (Phi) is 3.39. The van der Waals surface area contributed by atoms with Crippen molar-refractivity contribution in [3.63, 3.8) is 0 Å². The van der Waals surface area contributed by atoms with E-state index in [1.165, 1.54) is 14.0 Å². The molecule has 0 radical (unpaired) electrons. The molecule has 1 nitrogen and oxygen atoms in total. The van der Waals surface area contributed by atoms with Crippen LogP contribution >= 0.6 is 0 Å². The zero-order chi connectivity index (χ0) is 11.5. The summed E-state index contributed by atoms with van der Waals surface area (Å²) in [6.07, 6.45) is -4.31. The normalized spacial score (nSPS) is 16.1. The van der Waals surface area contributed by atoms with Crippen LogP contribution in [0.5, 0.6) is 0 Å². The second kappa shape index (κ2) is 4.23. The lowest BCUT2D eigenvalue weighted by molar-refractivity contribution is -0.189. The highest BCUT2D eigenvalue weighted by atomic mass is 19.4. The Morgan fingerprint density at radius 2 is 1.67 bits per heavy atom. The Bertz CT molecular complexity index is 307. The molecule has 1 aromatic rings. The molecular formula is C11H14F3N. The van der Waals surface area contributed by atoms with Gasteiger partial charge in [0.2, 0.25) is 0 Å². The quantitative estimate of drug-likeness (QED) is 0.820. The van der Waals surface area contributed by atoms with Crippen molar-refractivity contribution >= 4 is 0 Å². The van der Waals surface area contributed by atoms with Crippen LogP contribution in [0.3, 0.4) is 0 Å². The number of benzene rings is 1. The van der Waals surface area contributed by atoms with Crippen molar-refractivity contribution in [2.45, 2.75) is 25.1 Å². The van der Waals surface area contributed by atoms with E-state index in [1.54, 1.807) is 30.3 Å². The standard InChI is InChI=1S/C11H14F3N/c1-10(15-2,11(12,13)14)8-9-6-4-3-5-7-9/h3-7,15H,8H2,1-2H3. The Balaban J connectivity index is 2.87. The summed E-state index contributed by atoms with van der Waals surface area (Å²) < 4.78 is 38.2. The fraction of sp³-hybridized carbons (Fsp3) is 0.455. The molecule has 1 N–H and O–H groups in total. The van der Waals surface area contributed by atoms with Crippen LogP contribution in [0, 0.1) is 0 Å². The second-order valence-electron chi connectivity index (χ2n) is 3.74. The van der Waals surface area contributed by atoms with E-state index in [1.807, 2.05) is 0 Å². The summed E-state index contributed by atoms with van der Waals surface area (Å²) >= 11 is 0. The lowest BCUT2D eigenvalue weighted by Crippen LogP contribution is -2.54. The molecule has 0 fully saturated rings. The molecule has 0 aliphatic rings. The highest BCUT2D eigenvalue weighted by Crippen LogP contribution is 2.32. The van der Waals surface area contributed by atoms with Crippen molar-refractivity contribution in [1.82, 2.24) is 5.32 Å². The number of likely N-dealkylation sites (N-methyl/N-ethyl adjacent to an activating group) is 1. The van der Waals surface area contributed by atoms with Gasteiger partial charge in [-0.2, -0.15) is 13.2 Å². The maximum Gasteiger partial charge on any atom is 0.406 e. The van der Waals surface area contributed by atoms with Gasteiger partial charge in [0.15, 0.2) is 0 Å². The largest absolute Gasteiger partial charge is 0.406 e. The molecule has 0 aromatic heterocycles. The smallest absolute Gasteiger partial charge is 0.307 e. The summed E-state index contributed by atoms with van der Waals surface area (Å²) in [5.74, 6) is 0. The Morgan fingerprint density at radius 3 is 2.07 bits per heavy atom. The molecule has 0 heterocycles. The Morgan fingerprint density at radius 1 is 1.13 bits per heavy atom. The lowest BCUT2D eigenvalue weighted by atomic mass is 9.92. The fourth-order valence-electron chi connectivity index (χ4n) is 1.33. The average molecular weight is 217 g/mol. The average Bonchev–Trinajstić information content (AvgIpc) is 2.17. The van der Waals surface area contributed by atoms with Gasteiger partial charge < -0.3 is 5.32 Å². The zero-order valence-corrected chi connectivity index (χ0v) is 8.73. The van der Waals surface area contributed by atoms with Crippen LogP contribution < -0.4 is 5.32 Å². The van der Waals surface area contributed by atoms with Crippen molar-refractivity contribution in [1.29, 1.82) is 0 Å². The van der Waals surface area contributed by atoms with Crippen molar-refractivity contribution < 1.29 is 13.2 Å². The molecule has 0 amide bonds. The summed E-state index contributed by atoms with van der Waals surface area (Å²) in [7, 11) is 1.33. The van der Waals surface area contributed by atoms with E-state index in [2.05, 4.69) is 5.32 Å². The van der Waals surface area contributed by atoms with Gasteiger partial charge in [-0.15, -0.1) is 0 Å². The molecule has 0 bridgehead atoms. The molecule has 1 unspecified atom stereocenters. The molecule has 4 heteroatoms. The van der Waals surface area contributed by atoms with E-state index in [9.17, 15) is 13.2 Å². The van der Waals surface area contributed by atoms with Gasteiger partial charge in [-0.05, 0) is 26.0 Å².